The fourth-order valence-corrected chi connectivity index (χ4v) is 11.9. The van der Waals surface area contributed by atoms with Crippen LogP contribution in [0.25, 0.3) is 59.5 Å². The van der Waals surface area contributed by atoms with Crippen molar-refractivity contribution in [2.75, 3.05) is 0 Å². The number of hydrogen-bond donors (Lipinski definition) is 0. The number of rotatable bonds is 7. The van der Waals surface area contributed by atoms with E-state index >= 15 is 0 Å². The van der Waals surface area contributed by atoms with Gasteiger partial charge in [0.05, 0.1) is 16.9 Å². The quantitative estimate of drug-likeness (QED) is 0.118. The van der Waals surface area contributed by atoms with E-state index in [4.69, 9.17) is 4.98 Å². The number of benzene rings is 5. The molecule has 0 saturated heterocycles. The van der Waals surface area contributed by atoms with Crippen molar-refractivity contribution < 1.29 is 20.1 Å². The Hall–Kier alpha value is -3.87. The van der Waals surface area contributed by atoms with Gasteiger partial charge in [0.15, 0.2) is 0 Å². The molecule has 0 unspecified atom stereocenters. The van der Waals surface area contributed by atoms with Gasteiger partial charge >= 0.3 is 119 Å². The van der Waals surface area contributed by atoms with Crippen molar-refractivity contribution in [1.82, 2.24) is 14.5 Å². The van der Waals surface area contributed by atoms with Crippen molar-refractivity contribution in [3.05, 3.63) is 144 Å². The molecule has 0 amide bonds. The second-order valence-electron chi connectivity index (χ2n) is 15.9. The molecule has 0 aliphatic heterocycles. The summed E-state index contributed by atoms with van der Waals surface area (Å²) in [5.74, 6) is 9.58. The number of nitrogens with zero attached hydrogens (tertiary/aromatic N) is 3. The molecule has 3 aromatic heterocycles. The number of thiophene rings is 1. The summed E-state index contributed by atoms with van der Waals surface area (Å²) in [6.45, 7) is 13.6. The normalized spacial score (nSPS) is 11.8. The van der Waals surface area contributed by atoms with E-state index in [1.54, 1.807) is 0 Å². The van der Waals surface area contributed by atoms with E-state index in [1.807, 2.05) is 29.5 Å². The average molecular weight is 965 g/mol. The van der Waals surface area contributed by atoms with Crippen LogP contribution in [0.1, 0.15) is 76.0 Å². The third-order valence-corrected chi connectivity index (χ3v) is 15.4. The molecule has 0 atom stereocenters. The van der Waals surface area contributed by atoms with Crippen LogP contribution in [0, 0.1) is 12.1 Å². The summed E-state index contributed by atoms with van der Waals surface area (Å²) >= 11 is -0.0255. The molecule has 3 heterocycles. The molecule has 0 aliphatic rings. The molecule has 5 aromatic carbocycles. The zero-order valence-electron chi connectivity index (χ0n) is 32.8. The van der Waals surface area contributed by atoms with Crippen molar-refractivity contribution in [2.24, 2.45) is 0 Å². The number of hydrogen-bond acceptors (Lipinski definition) is 3. The maximum Gasteiger partial charge on any atom is 0.0774 e. The van der Waals surface area contributed by atoms with Gasteiger partial charge in [-0.05, 0) is 51.2 Å². The molecule has 3 nitrogen and oxygen atoms in total. The summed E-state index contributed by atoms with van der Waals surface area (Å²) < 4.78 is 6.48. The molecular formula is C48H49GeIrN3S-2. The molecule has 277 valence electrons. The first-order valence-corrected chi connectivity index (χ1v) is 27.0. The number of imidazole rings is 1. The molecule has 0 aliphatic carbocycles. The van der Waals surface area contributed by atoms with Gasteiger partial charge in [-0.15, -0.1) is 23.8 Å². The van der Waals surface area contributed by atoms with E-state index in [9.17, 15) is 0 Å². The number of para-hydroxylation sites is 3. The molecule has 0 N–H and O–H groups in total. The Balaban J connectivity index is 0.000000213. The second-order valence-corrected chi connectivity index (χ2v) is 27.6. The van der Waals surface area contributed by atoms with E-state index < -0.39 is 13.3 Å². The first-order valence-electron chi connectivity index (χ1n) is 18.8. The minimum absolute atomic E-state index is 0. The molecule has 8 rings (SSSR count). The fourth-order valence-electron chi connectivity index (χ4n) is 7.28. The number of pyridine rings is 1. The molecule has 0 saturated carbocycles. The SMILES string of the molecule is CC(C)c1cc(-c2[c-]cccc2)nc[c]1[Ge]([CH3])([CH3])[CH3].CC(C)c1cccc(C(C)C)c1-n1c(-c2[c-]cc3sc4ccccc4c3c2)nc2ccccc21.[Ir]. The summed E-state index contributed by atoms with van der Waals surface area (Å²) in [4.78, 5) is 9.84. The summed E-state index contributed by atoms with van der Waals surface area (Å²) in [5, 5.41) is 2.57. The number of aromatic nitrogens is 3. The molecule has 54 heavy (non-hydrogen) atoms. The molecule has 0 fully saturated rings. The monoisotopic (exact) mass is 966 g/mol. The maximum absolute atomic E-state index is 5.17. The largest absolute Gasteiger partial charge is 0.333 e. The minimum Gasteiger partial charge on any atom is -0.333 e. The van der Waals surface area contributed by atoms with Gasteiger partial charge in [-0.25, -0.2) is 0 Å². The van der Waals surface area contributed by atoms with Crippen LogP contribution in [0.2, 0.25) is 17.3 Å². The van der Waals surface area contributed by atoms with E-state index in [2.05, 4.69) is 178 Å². The Morgan fingerprint density at radius 3 is 1.98 bits per heavy atom. The third-order valence-electron chi connectivity index (χ3n) is 10.0. The standard InChI is InChI=1S/C31H27N2S.C17H22GeN.Ir/c1-19(2)22-11-9-12-23(20(3)4)30(22)33-27-14-7-6-13-26(27)32-31(33)21-16-17-29-25(18-21)24-10-5-8-15-28(24)34-29;1-13(2)15-11-17(14-9-7-6-8-10-14)19-12-16(15)18(3,4)5;/h5-15,17-20H,1-4H3;6-9,11-13H,1-5H3;/q2*-1;. The summed E-state index contributed by atoms with van der Waals surface area (Å²) in [6.07, 6.45) is 2.12. The van der Waals surface area contributed by atoms with Crippen LogP contribution < -0.4 is 4.40 Å². The average Bonchev–Trinajstić information content (AvgIpc) is 3.73. The molecule has 1 radical (unpaired) electrons. The van der Waals surface area contributed by atoms with Crippen LogP contribution in [-0.4, -0.2) is 27.8 Å². The van der Waals surface area contributed by atoms with Gasteiger partial charge in [0.2, 0.25) is 0 Å². The minimum atomic E-state index is -1.85. The Kier molecular flexibility index (Phi) is 12.1. The summed E-state index contributed by atoms with van der Waals surface area (Å²) in [5.41, 5.74) is 10.7. The van der Waals surface area contributed by atoms with Crippen LogP contribution in [0.4, 0.5) is 0 Å². The summed E-state index contributed by atoms with van der Waals surface area (Å²) in [6, 6.07) is 45.4. The van der Waals surface area contributed by atoms with Gasteiger partial charge in [0.1, 0.15) is 0 Å². The molecular weight excluding hydrogens is 915 g/mol. The van der Waals surface area contributed by atoms with Gasteiger partial charge in [0.25, 0.3) is 0 Å². The van der Waals surface area contributed by atoms with Crippen molar-refractivity contribution in [1.29, 1.82) is 0 Å². The van der Waals surface area contributed by atoms with Crippen LogP contribution >= 0.6 is 11.3 Å². The van der Waals surface area contributed by atoms with E-state index in [0.717, 1.165) is 33.7 Å². The molecule has 8 aromatic rings. The van der Waals surface area contributed by atoms with Gasteiger partial charge in [-0.1, -0.05) is 81.6 Å². The van der Waals surface area contributed by atoms with Crippen molar-refractivity contribution in [3.63, 3.8) is 0 Å². The predicted octanol–water partition coefficient (Wildman–Crippen LogP) is 13.3. The van der Waals surface area contributed by atoms with Crippen LogP contribution in [0.15, 0.2) is 115 Å². The third kappa shape index (κ3) is 7.93. The molecule has 6 heteroatoms. The van der Waals surface area contributed by atoms with Crippen molar-refractivity contribution >= 4 is 60.2 Å². The van der Waals surface area contributed by atoms with Crippen molar-refractivity contribution in [2.45, 2.75) is 76.6 Å². The van der Waals surface area contributed by atoms with Gasteiger partial charge in [-0.3, -0.25) is 4.98 Å². The molecule has 0 bridgehead atoms. The maximum atomic E-state index is 5.17. The first kappa shape index (κ1) is 39.8. The smallest absolute Gasteiger partial charge is 0.0774 e. The Morgan fingerprint density at radius 1 is 0.648 bits per heavy atom. The Bertz CT molecular complexity index is 2510. The zero-order valence-corrected chi connectivity index (χ0v) is 38.1. The summed E-state index contributed by atoms with van der Waals surface area (Å²) in [7, 11) is 0. The van der Waals surface area contributed by atoms with Gasteiger partial charge in [0, 0.05) is 30.5 Å². The Morgan fingerprint density at radius 2 is 1.31 bits per heavy atom. The first-order chi connectivity index (χ1) is 25.4. The molecule has 0 spiro atoms. The van der Waals surface area contributed by atoms with E-state index in [1.165, 1.54) is 46.9 Å². The predicted molar refractivity (Wildman–Crippen MR) is 232 cm³/mol. The van der Waals surface area contributed by atoms with Crippen LogP contribution in [0.3, 0.4) is 0 Å². The van der Waals surface area contributed by atoms with Crippen LogP contribution in [0.5, 0.6) is 0 Å². The van der Waals surface area contributed by atoms with E-state index in [0.29, 0.717) is 17.8 Å². The van der Waals surface area contributed by atoms with Gasteiger partial charge in [-0.2, -0.15) is 11.3 Å². The van der Waals surface area contributed by atoms with Crippen LogP contribution in [-0.2, 0) is 20.1 Å². The van der Waals surface area contributed by atoms with E-state index in [-0.39, 0.29) is 20.1 Å². The topological polar surface area (TPSA) is 30.7 Å². The van der Waals surface area contributed by atoms with Gasteiger partial charge < -0.3 is 4.57 Å². The number of fused-ring (bicyclic) bond motifs is 4. The second kappa shape index (κ2) is 16.5. The zero-order chi connectivity index (χ0) is 37.4. The van der Waals surface area contributed by atoms with Crippen molar-refractivity contribution in [3.8, 4) is 28.3 Å². The Labute approximate surface area is 341 Å². The fraction of sp³-hybridized carbons (Fsp3) is 0.250.